The van der Waals surface area contributed by atoms with Crippen LogP contribution in [0.4, 0.5) is 0 Å². The van der Waals surface area contributed by atoms with Gasteiger partial charge in [-0.05, 0) is 212 Å². The Kier molecular flexibility index (Phi) is 41.0. The van der Waals surface area contributed by atoms with Gasteiger partial charge in [0.15, 0.2) is 18.7 Å². The van der Waals surface area contributed by atoms with E-state index in [2.05, 4.69) is 152 Å². The highest BCUT2D eigenvalue weighted by molar-refractivity contribution is 7.61. The SMILES string of the molecule is CC(=O)N[C@@H]1[C@H](O[C@H]2[C@H](O)[C@@H](NC(C)=O)[C@@H](OP(=O)(O)OP(=O)(O)OC/C=C(/C)CC/C=C(/C)CC/C=C(/C)CC/C=C(/C)CC/C=C(/C)CC/C=C(/C)CC/C=C(/C)CC/C=C(/C)CC/C=C(/C)CC/C=C(/C)CCC=C(C)C)O[C@@H]2CO)O[C@H](C(=O)O)[C@@H](O)[C@@H]1O. The first kappa shape index (κ1) is 84.6. The summed E-state index contributed by atoms with van der Waals surface area (Å²) in [4.78, 5) is 56.9. The second-order valence-electron chi connectivity index (χ2n) is 25.6. The van der Waals surface area contributed by atoms with Crippen molar-refractivity contribution in [1.29, 1.82) is 0 Å². The van der Waals surface area contributed by atoms with Gasteiger partial charge < -0.3 is 60.2 Å². The number of aliphatic hydroxyl groups excluding tert-OH is 4. The van der Waals surface area contributed by atoms with Gasteiger partial charge in [-0.15, -0.1) is 0 Å². The molecule has 2 heterocycles. The number of hydrogen-bond acceptors (Lipinski definition) is 15. The highest BCUT2D eigenvalue weighted by atomic mass is 31.3. The number of carbonyl (C=O) groups excluding carboxylic acids is 2. The quantitative estimate of drug-likeness (QED) is 0.0202. The van der Waals surface area contributed by atoms with E-state index < -0.39 is 108 Å². The van der Waals surface area contributed by atoms with Crippen molar-refractivity contribution in [3.05, 3.63) is 128 Å². The summed E-state index contributed by atoms with van der Waals surface area (Å²) in [5.41, 5.74) is 15.1. The monoisotopic (exact) mass is 1350 g/mol. The fraction of sp³-hybridized carbons (Fsp3) is 0.648. The molecule has 0 bridgehead atoms. The van der Waals surface area contributed by atoms with E-state index in [-0.39, 0.29) is 0 Å². The van der Waals surface area contributed by atoms with Crippen molar-refractivity contribution in [2.24, 2.45) is 0 Å². The zero-order chi connectivity index (χ0) is 69.8. The average molecular weight is 1350 g/mol. The Morgan fingerprint density at radius 2 is 0.742 bits per heavy atom. The lowest BCUT2D eigenvalue weighted by atomic mass is 9.94. The van der Waals surface area contributed by atoms with Crippen LogP contribution in [0.1, 0.15) is 225 Å². The van der Waals surface area contributed by atoms with E-state index >= 15 is 0 Å². The summed E-state index contributed by atoms with van der Waals surface area (Å²) >= 11 is 0. The molecule has 0 aromatic rings. The minimum Gasteiger partial charge on any atom is -0.479 e. The molecule has 2 saturated heterocycles. The Morgan fingerprint density at radius 1 is 0.430 bits per heavy atom. The predicted octanol–water partition coefficient (Wildman–Crippen LogP) is 14.5. The van der Waals surface area contributed by atoms with Gasteiger partial charge in [0, 0.05) is 13.8 Å². The number of phosphoric acid groups is 2. The molecule has 9 N–H and O–H groups in total. The van der Waals surface area contributed by atoms with Crippen molar-refractivity contribution < 1.29 is 86.4 Å². The Bertz CT molecular complexity index is 2800. The van der Waals surface area contributed by atoms with Gasteiger partial charge in [-0.3, -0.25) is 18.6 Å². The summed E-state index contributed by atoms with van der Waals surface area (Å²) in [7, 11) is -11.0. The minimum absolute atomic E-state index is 0.500. The van der Waals surface area contributed by atoms with Crippen LogP contribution in [0, 0.1) is 0 Å². The summed E-state index contributed by atoms with van der Waals surface area (Å²) < 4.78 is 57.0. The molecule has 0 spiro atoms. The molecule has 0 aliphatic carbocycles. The lowest BCUT2D eigenvalue weighted by Crippen LogP contribution is -2.69. The van der Waals surface area contributed by atoms with E-state index in [1.807, 2.05) is 0 Å². The second-order valence-corrected chi connectivity index (χ2v) is 28.6. The third-order valence-corrected chi connectivity index (χ3v) is 18.8. The fourth-order valence-electron chi connectivity index (χ4n) is 10.5. The van der Waals surface area contributed by atoms with Crippen molar-refractivity contribution in [3.8, 4) is 0 Å². The Morgan fingerprint density at radius 3 is 1.04 bits per heavy atom. The first-order valence-corrected chi connectivity index (χ1v) is 36.0. The van der Waals surface area contributed by atoms with Crippen LogP contribution in [0.15, 0.2) is 128 Å². The topological polar surface area (TPSA) is 306 Å². The van der Waals surface area contributed by atoms with Crippen LogP contribution in [0.3, 0.4) is 0 Å². The molecule has 0 aromatic heterocycles. The summed E-state index contributed by atoms with van der Waals surface area (Å²) in [6, 6.07) is -3.50. The number of amides is 2. The number of nitrogens with one attached hydrogen (secondary N) is 2. The summed E-state index contributed by atoms with van der Waals surface area (Å²) in [6.45, 7) is 26.7. The van der Waals surface area contributed by atoms with Crippen molar-refractivity contribution in [2.75, 3.05) is 13.2 Å². The van der Waals surface area contributed by atoms with Crippen LogP contribution in [0.2, 0.25) is 0 Å². The van der Waals surface area contributed by atoms with E-state index in [1.165, 1.54) is 61.8 Å². The molecule has 2 amide bonds. The van der Waals surface area contributed by atoms with Gasteiger partial charge in [0.2, 0.25) is 11.8 Å². The number of allylic oxidation sites excluding steroid dienone is 21. The molecule has 2 aliphatic heterocycles. The van der Waals surface area contributed by atoms with E-state index in [9.17, 15) is 58.8 Å². The molecule has 0 aromatic carbocycles. The number of aliphatic hydroxyl groups is 4. The zero-order valence-corrected chi connectivity index (χ0v) is 60.0. The lowest BCUT2D eigenvalue weighted by Gasteiger charge is -2.47. The standard InChI is InChI=1S/C71H116N2O18P2/c1-48(2)25-15-26-49(3)27-16-28-50(4)29-17-30-51(5)31-18-32-52(6)33-19-34-53(7)35-20-36-54(8)37-21-38-55(9)39-22-40-56(10)41-23-42-57(11)43-24-44-58(12)45-46-86-92(82,83)91-93(84,85)90-71-63(73-60(14)76)65(78)67(61(47-74)87-71)88-70-62(72-59(13)75)64(77)66(79)68(89-70)69(80)81/h25,27,29,31,33,35,37,39,41,43,45,61-68,70-71,74,77-79H,15-24,26,28,30,32,34,36,38,40,42,44,46-47H2,1-14H3,(H,72,75)(H,73,76)(H,80,81)(H,82,83)(H,84,85)/b49-27-,50-29-,51-31-,52-33-,53-35-,54-37-,55-39-,56-41-,57-43-,58-45-/t61-,62+,63-,64-,65-,66+,67-,68+,70-,71-/m1/s1. The normalized spacial score (nSPS) is 24.9. The maximum atomic E-state index is 13.1. The first-order valence-electron chi connectivity index (χ1n) is 33.0. The molecule has 2 rings (SSSR count). The van der Waals surface area contributed by atoms with Crippen molar-refractivity contribution in [3.63, 3.8) is 0 Å². The molecule has 2 unspecified atom stereocenters. The van der Waals surface area contributed by atoms with Gasteiger partial charge in [0.05, 0.1) is 13.2 Å². The molecule has 0 radical (unpaired) electrons. The second kappa shape index (κ2) is 45.1. The number of ether oxygens (including phenoxy) is 3. The van der Waals surface area contributed by atoms with E-state index in [4.69, 9.17) is 23.3 Å². The number of hydrogen-bond donors (Lipinski definition) is 9. The summed E-state index contributed by atoms with van der Waals surface area (Å²) in [5.74, 6) is -3.36. The molecule has 93 heavy (non-hydrogen) atoms. The smallest absolute Gasteiger partial charge is 0.479 e. The highest BCUT2D eigenvalue weighted by Crippen LogP contribution is 2.61. The van der Waals surface area contributed by atoms with Gasteiger partial charge in [0.1, 0.15) is 42.6 Å². The highest BCUT2D eigenvalue weighted by Gasteiger charge is 2.54. The lowest BCUT2D eigenvalue weighted by molar-refractivity contribution is -0.321. The van der Waals surface area contributed by atoms with Gasteiger partial charge >= 0.3 is 21.6 Å². The average Bonchev–Trinajstić information content (AvgIpc) is 0.780. The number of aliphatic carboxylic acids is 1. The van der Waals surface area contributed by atoms with Crippen molar-refractivity contribution in [1.82, 2.24) is 10.6 Å². The van der Waals surface area contributed by atoms with Crippen LogP contribution in [-0.2, 0) is 51.1 Å². The predicted molar refractivity (Wildman–Crippen MR) is 367 cm³/mol. The van der Waals surface area contributed by atoms with Gasteiger partial charge in [-0.25, -0.2) is 13.9 Å². The third-order valence-electron chi connectivity index (χ3n) is 16.2. The van der Waals surface area contributed by atoms with E-state index in [0.717, 1.165) is 135 Å². The Balaban J connectivity index is 1.72. The number of carboxylic acids is 1. The third kappa shape index (κ3) is 37.0. The van der Waals surface area contributed by atoms with Crippen molar-refractivity contribution in [2.45, 2.75) is 287 Å². The molecular formula is C71H116N2O18P2. The van der Waals surface area contributed by atoms with Crippen LogP contribution < -0.4 is 10.6 Å². The van der Waals surface area contributed by atoms with Gasteiger partial charge in [0.25, 0.3) is 0 Å². The largest absolute Gasteiger partial charge is 0.483 e. The summed E-state index contributed by atoms with van der Waals surface area (Å²) in [5, 5.41) is 56.6. The molecule has 2 fully saturated rings. The Hall–Kier alpha value is -4.47. The maximum Gasteiger partial charge on any atom is 0.483 e. The van der Waals surface area contributed by atoms with Crippen LogP contribution in [0.25, 0.3) is 0 Å². The zero-order valence-electron chi connectivity index (χ0n) is 58.2. The van der Waals surface area contributed by atoms with E-state index in [0.29, 0.717) is 12.8 Å². The van der Waals surface area contributed by atoms with Crippen molar-refractivity contribution >= 4 is 33.4 Å². The van der Waals surface area contributed by atoms with Gasteiger partial charge in [-0.2, -0.15) is 4.31 Å². The molecule has 0 saturated carbocycles. The fourth-order valence-corrected chi connectivity index (χ4v) is 12.6. The first-order chi connectivity index (χ1) is 43.7. The van der Waals surface area contributed by atoms with Gasteiger partial charge in [-0.1, -0.05) is 128 Å². The summed E-state index contributed by atoms with van der Waals surface area (Å²) in [6.07, 6.45) is 29.9. The van der Waals surface area contributed by atoms with Crippen LogP contribution in [0.5, 0.6) is 0 Å². The minimum atomic E-state index is -5.67. The maximum absolute atomic E-state index is 13.1. The number of rotatable bonds is 43. The molecule has 12 atom stereocenters. The number of carbonyl (C=O) groups is 3. The van der Waals surface area contributed by atoms with Crippen LogP contribution >= 0.6 is 15.6 Å². The number of carboxylic acid groups (broad SMARTS) is 1. The van der Waals surface area contributed by atoms with E-state index in [1.54, 1.807) is 6.92 Å². The molecule has 2 aliphatic rings. The number of phosphoric ester groups is 2. The molecule has 528 valence electrons. The van der Waals surface area contributed by atoms with Crippen LogP contribution in [-0.4, -0.2) is 128 Å². The molecule has 22 heteroatoms. The molecular weight excluding hydrogens is 1230 g/mol. The molecule has 20 nitrogen and oxygen atoms in total. The Labute approximate surface area is 556 Å².